The molecule has 1 saturated carbocycles. The molecular weight excluding hydrogens is 408 g/mol. The maximum absolute atomic E-state index is 11.8. The molecule has 0 unspecified atom stereocenters. The molecule has 31 heavy (non-hydrogen) atoms. The molecule has 2 aromatic carbocycles. The topological polar surface area (TPSA) is 69.8 Å². The first-order valence-electron chi connectivity index (χ1n) is 10.8. The van der Waals surface area contributed by atoms with Crippen LogP contribution in [0.2, 0.25) is 0 Å². The molecule has 1 aliphatic rings. The Morgan fingerprint density at radius 2 is 1.77 bits per heavy atom. The van der Waals surface area contributed by atoms with Gasteiger partial charge in [-0.25, -0.2) is 13.1 Å². The van der Waals surface area contributed by atoms with Gasteiger partial charge in [-0.2, -0.15) is 10.2 Å². The molecule has 2 aromatic heterocycles. The van der Waals surface area contributed by atoms with Gasteiger partial charge in [-0.1, -0.05) is 31.9 Å². The smallest absolute Gasteiger partial charge is 0.175 e. The van der Waals surface area contributed by atoms with Gasteiger partial charge < -0.3 is 0 Å². The van der Waals surface area contributed by atoms with Gasteiger partial charge in [-0.15, -0.1) is 0 Å². The Morgan fingerprint density at radius 3 is 2.45 bits per heavy atom. The summed E-state index contributed by atoms with van der Waals surface area (Å²) in [4.78, 5) is 0.305. The molecule has 7 heteroatoms. The lowest BCUT2D eigenvalue weighted by molar-refractivity contribution is 0.478. The molecule has 160 valence electrons. The third-order valence-electron chi connectivity index (χ3n) is 6.24. The number of benzene rings is 2. The Balaban J connectivity index is 1.59. The molecule has 0 saturated heterocycles. The van der Waals surface area contributed by atoms with Gasteiger partial charge in [0.05, 0.1) is 39.7 Å². The fourth-order valence-corrected chi connectivity index (χ4v) is 5.24. The van der Waals surface area contributed by atoms with Crippen LogP contribution in [0, 0.1) is 0 Å². The molecule has 4 aromatic rings. The van der Waals surface area contributed by atoms with Crippen LogP contribution in [0.3, 0.4) is 0 Å². The summed E-state index contributed by atoms with van der Waals surface area (Å²) in [6.07, 6.45) is 8.82. The fourth-order valence-electron chi connectivity index (χ4n) is 4.61. The number of aromatic nitrogens is 4. The van der Waals surface area contributed by atoms with Crippen LogP contribution in [0.4, 0.5) is 0 Å². The van der Waals surface area contributed by atoms with Gasteiger partial charge in [0, 0.05) is 17.2 Å². The minimum absolute atomic E-state index is 0.305. The van der Waals surface area contributed by atoms with E-state index < -0.39 is 9.84 Å². The number of hydrogen-bond acceptors (Lipinski definition) is 4. The predicted molar refractivity (Wildman–Crippen MR) is 122 cm³/mol. The third kappa shape index (κ3) is 3.57. The largest absolute Gasteiger partial charge is 0.262 e. The Kier molecular flexibility index (Phi) is 4.93. The van der Waals surface area contributed by atoms with E-state index in [-0.39, 0.29) is 0 Å². The van der Waals surface area contributed by atoms with E-state index in [4.69, 9.17) is 5.10 Å². The van der Waals surface area contributed by atoms with E-state index >= 15 is 0 Å². The maximum atomic E-state index is 11.8. The quantitative estimate of drug-likeness (QED) is 0.445. The maximum Gasteiger partial charge on any atom is 0.175 e. The van der Waals surface area contributed by atoms with Gasteiger partial charge >= 0.3 is 0 Å². The van der Waals surface area contributed by atoms with E-state index in [2.05, 4.69) is 34.9 Å². The number of sulfone groups is 1. The summed E-state index contributed by atoms with van der Waals surface area (Å²) >= 11 is 0. The van der Waals surface area contributed by atoms with Crippen molar-refractivity contribution in [2.24, 2.45) is 0 Å². The second kappa shape index (κ2) is 7.64. The van der Waals surface area contributed by atoms with Crippen molar-refractivity contribution in [2.75, 3.05) is 6.26 Å². The lowest BCUT2D eigenvalue weighted by Crippen LogP contribution is -2.07. The van der Waals surface area contributed by atoms with E-state index in [0.29, 0.717) is 10.9 Å². The molecule has 5 rings (SSSR count). The molecule has 0 spiro atoms. The Labute approximate surface area is 182 Å². The zero-order valence-corrected chi connectivity index (χ0v) is 18.6. The van der Waals surface area contributed by atoms with Gasteiger partial charge in [0.1, 0.15) is 0 Å². The summed E-state index contributed by atoms with van der Waals surface area (Å²) in [5.74, 6) is 0. The van der Waals surface area contributed by atoms with Crippen LogP contribution < -0.4 is 0 Å². The van der Waals surface area contributed by atoms with Crippen LogP contribution in [0.25, 0.3) is 27.8 Å². The summed E-state index contributed by atoms with van der Waals surface area (Å²) < 4.78 is 27.7. The van der Waals surface area contributed by atoms with Crippen LogP contribution in [0.1, 0.15) is 44.3 Å². The van der Waals surface area contributed by atoms with Gasteiger partial charge in [-0.3, -0.25) is 4.68 Å². The van der Waals surface area contributed by atoms with E-state index in [1.165, 1.54) is 42.8 Å². The zero-order chi connectivity index (χ0) is 21.6. The number of fused-ring (bicyclic) bond motifs is 1. The molecule has 0 atom stereocenters. The van der Waals surface area contributed by atoms with Crippen molar-refractivity contribution in [1.29, 1.82) is 0 Å². The average molecular weight is 435 g/mol. The molecule has 0 aliphatic heterocycles. The summed E-state index contributed by atoms with van der Waals surface area (Å²) in [6.45, 7) is 2.16. The number of rotatable bonds is 5. The van der Waals surface area contributed by atoms with Crippen molar-refractivity contribution >= 4 is 20.7 Å². The van der Waals surface area contributed by atoms with Crippen molar-refractivity contribution < 1.29 is 8.42 Å². The van der Waals surface area contributed by atoms with Crippen LogP contribution >= 0.6 is 0 Å². The molecule has 6 nitrogen and oxygen atoms in total. The first kappa shape index (κ1) is 20.0. The van der Waals surface area contributed by atoms with E-state index in [9.17, 15) is 8.42 Å². The van der Waals surface area contributed by atoms with E-state index in [1.807, 2.05) is 10.7 Å². The molecule has 0 N–H and O–H groups in total. The van der Waals surface area contributed by atoms with Gasteiger partial charge in [-0.05, 0) is 55.7 Å². The highest BCUT2D eigenvalue weighted by Crippen LogP contribution is 2.35. The Bertz CT molecular complexity index is 1340. The van der Waals surface area contributed by atoms with Crippen molar-refractivity contribution in [2.45, 2.75) is 50.0 Å². The second-order valence-corrected chi connectivity index (χ2v) is 10.3. The minimum Gasteiger partial charge on any atom is -0.262 e. The van der Waals surface area contributed by atoms with Gasteiger partial charge in [0.2, 0.25) is 0 Å². The fraction of sp³-hybridized carbons (Fsp3) is 0.333. The minimum atomic E-state index is -3.23. The summed E-state index contributed by atoms with van der Waals surface area (Å²) in [7, 11) is -3.23. The first-order valence-corrected chi connectivity index (χ1v) is 12.7. The normalized spacial score (nSPS) is 15.2. The first-order chi connectivity index (χ1) is 15.0. The lowest BCUT2D eigenvalue weighted by atomic mass is 10.1. The second-order valence-electron chi connectivity index (χ2n) is 8.31. The standard InChI is InChI=1S/C24H26N4O2S/c1-3-22-21-13-8-17(16-24(21)28(26-22)18-6-4-5-7-18)23-14-15-25-27(23)19-9-11-20(12-10-19)31(2,29)30/h8-16,18H,3-7H2,1-2H3. The molecule has 0 bridgehead atoms. The highest BCUT2D eigenvalue weighted by atomic mass is 32.2. The molecule has 2 heterocycles. The van der Waals surface area contributed by atoms with Crippen LogP contribution in [0.15, 0.2) is 59.6 Å². The van der Waals surface area contributed by atoms with Crippen molar-refractivity contribution in [3.63, 3.8) is 0 Å². The highest BCUT2D eigenvalue weighted by molar-refractivity contribution is 7.90. The average Bonchev–Trinajstić information content (AvgIpc) is 3.51. The summed E-state index contributed by atoms with van der Waals surface area (Å²) in [5.41, 5.74) is 5.19. The Hall–Kier alpha value is -2.93. The van der Waals surface area contributed by atoms with Crippen LogP contribution in [-0.2, 0) is 16.3 Å². The van der Waals surface area contributed by atoms with Crippen LogP contribution in [0.5, 0.6) is 0 Å². The highest BCUT2D eigenvalue weighted by Gasteiger charge is 2.22. The molecule has 0 amide bonds. The molecule has 1 fully saturated rings. The van der Waals surface area contributed by atoms with Gasteiger partial charge in [0.15, 0.2) is 9.84 Å². The lowest BCUT2D eigenvalue weighted by Gasteiger charge is -2.13. The monoisotopic (exact) mass is 434 g/mol. The van der Waals surface area contributed by atoms with E-state index in [1.54, 1.807) is 30.5 Å². The predicted octanol–water partition coefficient (Wildman–Crippen LogP) is 4.97. The summed E-state index contributed by atoms with van der Waals surface area (Å²) in [6, 6.07) is 15.8. The third-order valence-corrected chi connectivity index (χ3v) is 7.37. The number of nitrogens with zero attached hydrogens (tertiary/aromatic N) is 4. The molecule has 0 radical (unpaired) electrons. The summed E-state index contributed by atoms with van der Waals surface area (Å²) in [5, 5.41) is 10.7. The van der Waals surface area contributed by atoms with Gasteiger partial charge in [0.25, 0.3) is 0 Å². The molecule has 1 aliphatic carbocycles. The zero-order valence-electron chi connectivity index (χ0n) is 17.8. The number of hydrogen-bond donors (Lipinski definition) is 0. The van der Waals surface area contributed by atoms with Crippen molar-refractivity contribution in [1.82, 2.24) is 19.6 Å². The van der Waals surface area contributed by atoms with Crippen molar-refractivity contribution in [3.8, 4) is 16.9 Å². The molecular formula is C24H26N4O2S. The Morgan fingerprint density at radius 1 is 1.03 bits per heavy atom. The van der Waals surface area contributed by atoms with E-state index in [0.717, 1.165) is 29.1 Å². The van der Waals surface area contributed by atoms with Crippen LogP contribution in [-0.4, -0.2) is 34.2 Å². The van der Waals surface area contributed by atoms with Crippen molar-refractivity contribution in [3.05, 3.63) is 60.4 Å². The SMILES string of the molecule is CCc1nn(C2CCCC2)c2cc(-c3ccnn3-c3ccc(S(C)(=O)=O)cc3)ccc12. The number of aryl methyl sites for hydroxylation is 1.